The molecule has 0 unspecified atom stereocenters. The van der Waals surface area contributed by atoms with E-state index in [2.05, 4.69) is 5.32 Å². The third-order valence-electron chi connectivity index (χ3n) is 5.30. The highest BCUT2D eigenvalue weighted by molar-refractivity contribution is 7.92. The molecule has 2 heterocycles. The molecular weight excluding hydrogens is 392 g/mol. The van der Waals surface area contributed by atoms with Gasteiger partial charge in [0.1, 0.15) is 5.69 Å². The molecule has 0 aromatic heterocycles. The first-order valence-electron chi connectivity index (χ1n) is 9.48. The van der Waals surface area contributed by atoms with Crippen LogP contribution in [0.15, 0.2) is 47.9 Å². The number of nitro benzene ring substituents is 1. The van der Waals surface area contributed by atoms with E-state index in [-0.39, 0.29) is 23.7 Å². The number of fused-ring (bicyclic) bond motifs is 1. The summed E-state index contributed by atoms with van der Waals surface area (Å²) in [6.45, 7) is 2.15. The normalized spacial score (nSPS) is 17.3. The number of anilines is 2. The number of nitro groups is 1. The Labute approximate surface area is 169 Å². The molecule has 2 aromatic carbocycles. The maximum Gasteiger partial charge on any atom is 0.292 e. The van der Waals surface area contributed by atoms with Gasteiger partial charge in [-0.3, -0.25) is 10.1 Å². The molecule has 0 bridgehead atoms. The zero-order valence-corrected chi connectivity index (χ0v) is 16.6. The molecule has 0 radical (unpaired) electrons. The van der Waals surface area contributed by atoms with Crippen molar-refractivity contribution >= 4 is 33.2 Å². The minimum Gasteiger partial charge on any atom is -0.384 e. The van der Waals surface area contributed by atoms with Crippen LogP contribution < -0.4 is 10.2 Å². The zero-order valence-electron chi connectivity index (χ0n) is 15.8. The van der Waals surface area contributed by atoms with Crippen LogP contribution in [0.5, 0.6) is 0 Å². The fraction of sp³-hybridized carbons (Fsp3) is 0.300. The molecule has 0 saturated carbocycles. The Morgan fingerprint density at radius 1 is 1.03 bits per heavy atom. The van der Waals surface area contributed by atoms with Crippen molar-refractivity contribution in [2.45, 2.75) is 6.42 Å². The highest BCUT2D eigenvalue weighted by Crippen LogP contribution is 2.40. The predicted molar refractivity (Wildman–Crippen MR) is 113 cm³/mol. The third kappa shape index (κ3) is 3.96. The quantitative estimate of drug-likeness (QED) is 0.597. The molecule has 1 N–H and O–H groups in total. The third-order valence-corrected chi connectivity index (χ3v) is 6.86. The Hall–Kier alpha value is -2.91. The summed E-state index contributed by atoms with van der Waals surface area (Å²) in [4.78, 5) is 13.1. The van der Waals surface area contributed by atoms with E-state index in [0.717, 1.165) is 29.8 Å². The molecule has 9 heteroatoms. The Balaban J connectivity index is 1.51. The summed E-state index contributed by atoms with van der Waals surface area (Å²) in [5.41, 5.74) is 3.38. The standard InChI is InChI=1S/C20H22N4O4S/c25-24(26)19-7-6-18-17(8-10-21-18)20(19)22-11-13-23(14-12-22)29(27,28)15-9-16-4-2-1-3-5-16/h1-7,9,15,21H,8,10-14H2/b15-9+. The first-order valence-corrected chi connectivity index (χ1v) is 11.0. The summed E-state index contributed by atoms with van der Waals surface area (Å²) in [5, 5.41) is 16.0. The molecule has 4 rings (SSSR count). The van der Waals surface area contributed by atoms with Crippen molar-refractivity contribution in [3.63, 3.8) is 0 Å². The number of hydrogen-bond donors (Lipinski definition) is 1. The number of hydrogen-bond acceptors (Lipinski definition) is 6. The Morgan fingerprint density at radius 2 is 1.76 bits per heavy atom. The number of piperazine rings is 1. The van der Waals surface area contributed by atoms with Crippen molar-refractivity contribution in [1.29, 1.82) is 0 Å². The van der Waals surface area contributed by atoms with E-state index in [0.29, 0.717) is 18.8 Å². The van der Waals surface area contributed by atoms with E-state index in [1.165, 1.54) is 15.8 Å². The van der Waals surface area contributed by atoms with Crippen LogP contribution in [0, 0.1) is 10.1 Å². The number of nitrogens with one attached hydrogen (secondary N) is 1. The molecule has 2 aromatic rings. The van der Waals surface area contributed by atoms with Gasteiger partial charge in [0, 0.05) is 55.4 Å². The van der Waals surface area contributed by atoms with Crippen molar-refractivity contribution in [3.8, 4) is 0 Å². The van der Waals surface area contributed by atoms with E-state index in [1.807, 2.05) is 35.2 Å². The topological polar surface area (TPSA) is 95.8 Å². The molecule has 152 valence electrons. The summed E-state index contributed by atoms with van der Waals surface area (Å²) < 4.78 is 26.8. The summed E-state index contributed by atoms with van der Waals surface area (Å²) in [5.74, 6) is 0. The number of nitrogens with zero attached hydrogens (tertiary/aromatic N) is 3. The molecule has 29 heavy (non-hydrogen) atoms. The lowest BCUT2D eigenvalue weighted by Gasteiger charge is -2.35. The average Bonchev–Trinajstić information content (AvgIpc) is 3.21. The van der Waals surface area contributed by atoms with Crippen molar-refractivity contribution in [2.75, 3.05) is 42.9 Å². The van der Waals surface area contributed by atoms with Gasteiger partial charge >= 0.3 is 0 Å². The first-order chi connectivity index (χ1) is 14.0. The van der Waals surface area contributed by atoms with E-state index in [4.69, 9.17) is 0 Å². The molecule has 2 aliphatic rings. The van der Waals surface area contributed by atoms with Crippen LogP contribution in [0.2, 0.25) is 0 Å². The summed E-state index contributed by atoms with van der Waals surface area (Å²) >= 11 is 0. The summed E-state index contributed by atoms with van der Waals surface area (Å²) in [7, 11) is -3.55. The van der Waals surface area contributed by atoms with E-state index >= 15 is 0 Å². The highest BCUT2D eigenvalue weighted by Gasteiger charge is 2.32. The molecule has 1 saturated heterocycles. The van der Waals surface area contributed by atoms with Crippen molar-refractivity contribution < 1.29 is 13.3 Å². The average molecular weight is 414 g/mol. The summed E-state index contributed by atoms with van der Waals surface area (Å²) in [6, 6.07) is 12.5. The second-order valence-corrected chi connectivity index (χ2v) is 8.86. The SMILES string of the molecule is O=[N+]([O-])c1ccc2c(c1N1CCN(S(=O)(=O)/C=C/c3ccccc3)CC1)CCN2. The largest absolute Gasteiger partial charge is 0.384 e. The molecule has 0 atom stereocenters. The fourth-order valence-electron chi connectivity index (χ4n) is 3.85. The van der Waals surface area contributed by atoms with Crippen LogP contribution in [-0.4, -0.2) is 50.4 Å². The Kier molecular flexibility index (Phi) is 5.25. The lowest BCUT2D eigenvalue weighted by atomic mass is 10.1. The lowest BCUT2D eigenvalue weighted by Crippen LogP contribution is -2.48. The Bertz CT molecular complexity index is 1050. The number of sulfonamides is 1. The van der Waals surface area contributed by atoms with Crippen molar-refractivity contribution in [2.24, 2.45) is 0 Å². The van der Waals surface area contributed by atoms with Gasteiger partial charge in [-0.2, -0.15) is 4.31 Å². The molecule has 2 aliphatic heterocycles. The molecule has 0 spiro atoms. The van der Waals surface area contributed by atoms with Gasteiger partial charge in [-0.25, -0.2) is 8.42 Å². The van der Waals surface area contributed by atoms with Crippen molar-refractivity contribution in [1.82, 2.24) is 4.31 Å². The lowest BCUT2D eigenvalue weighted by molar-refractivity contribution is -0.384. The summed E-state index contributed by atoms with van der Waals surface area (Å²) in [6.07, 6.45) is 2.31. The van der Waals surface area contributed by atoms with E-state index in [1.54, 1.807) is 12.1 Å². The molecule has 0 amide bonds. The smallest absolute Gasteiger partial charge is 0.292 e. The van der Waals surface area contributed by atoms with Gasteiger partial charge in [-0.15, -0.1) is 0 Å². The Morgan fingerprint density at radius 3 is 2.45 bits per heavy atom. The van der Waals surface area contributed by atoms with Gasteiger partial charge < -0.3 is 10.2 Å². The molecule has 8 nitrogen and oxygen atoms in total. The van der Waals surface area contributed by atoms with Gasteiger partial charge in [-0.05, 0) is 24.1 Å². The highest BCUT2D eigenvalue weighted by atomic mass is 32.2. The van der Waals surface area contributed by atoms with Crippen molar-refractivity contribution in [3.05, 3.63) is 69.1 Å². The van der Waals surface area contributed by atoms with Gasteiger partial charge in [0.2, 0.25) is 10.0 Å². The monoisotopic (exact) mass is 414 g/mol. The van der Waals surface area contributed by atoms with Crippen LogP contribution in [-0.2, 0) is 16.4 Å². The van der Waals surface area contributed by atoms with Crippen LogP contribution in [0.4, 0.5) is 17.1 Å². The molecule has 0 aliphatic carbocycles. The second-order valence-electron chi connectivity index (χ2n) is 7.04. The number of rotatable bonds is 5. The fourth-order valence-corrected chi connectivity index (χ4v) is 5.02. The number of benzene rings is 2. The first kappa shape index (κ1) is 19.4. The second kappa shape index (κ2) is 7.84. The minimum absolute atomic E-state index is 0.0766. The predicted octanol–water partition coefficient (Wildman–Crippen LogP) is 2.69. The molecular formula is C20H22N4O4S. The van der Waals surface area contributed by atoms with Gasteiger partial charge in [0.25, 0.3) is 5.69 Å². The van der Waals surface area contributed by atoms with Crippen LogP contribution >= 0.6 is 0 Å². The van der Waals surface area contributed by atoms with Crippen LogP contribution in [0.1, 0.15) is 11.1 Å². The zero-order chi connectivity index (χ0) is 20.4. The van der Waals surface area contributed by atoms with Gasteiger partial charge in [0.05, 0.1) is 4.92 Å². The van der Waals surface area contributed by atoms with E-state index < -0.39 is 10.0 Å². The van der Waals surface area contributed by atoms with Gasteiger partial charge in [0.15, 0.2) is 0 Å². The van der Waals surface area contributed by atoms with Crippen LogP contribution in [0.3, 0.4) is 0 Å². The molecule has 1 fully saturated rings. The minimum atomic E-state index is -3.55. The maximum atomic E-state index is 12.7. The van der Waals surface area contributed by atoms with Crippen LogP contribution in [0.25, 0.3) is 6.08 Å². The maximum absolute atomic E-state index is 12.7. The van der Waals surface area contributed by atoms with E-state index in [9.17, 15) is 18.5 Å². The van der Waals surface area contributed by atoms with Gasteiger partial charge in [-0.1, -0.05) is 30.3 Å².